The summed E-state index contributed by atoms with van der Waals surface area (Å²) < 4.78 is 39.5. The number of ether oxygens (including phenoxy) is 2. The second-order valence-electron chi connectivity index (χ2n) is 18.0. The third-order valence-corrected chi connectivity index (χ3v) is 14.2. The predicted molar refractivity (Wildman–Crippen MR) is 220 cm³/mol. The van der Waals surface area contributed by atoms with Crippen LogP contribution in [0.2, 0.25) is 0 Å². The van der Waals surface area contributed by atoms with Gasteiger partial charge in [-0.25, -0.2) is 23.0 Å². The number of rotatable bonds is 8. The Morgan fingerprint density at radius 3 is 2.42 bits per heavy atom. The van der Waals surface area contributed by atoms with E-state index in [9.17, 15) is 32.4 Å². The van der Waals surface area contributed by atoms with Crippen LogP contribution in [-0.2, 0) is 47.0 Å². The minimum atomic E-state index is -3.89. The van der Waals surface area contributed by atoms with Crippen LogP contribution in [0.25, 0.3) is 11.3 Å². The predicted octanol–water partition coefficient (Wildman–Crippen LogP) is 5.17. The molecule has 3 aliphatic heterocycles. The molecule has 1 aromatic heterocycles. The van der Waals surface area contributed by atoms with Gasteiger partial charge >= 0.3 is 12.2 Å². The fraction of sp³-hybridized carbons (Fsp3) is 0.659. The number of hydrogen-bond acceptors (Lipinski definition) is 12. The van der Waals surface area contributed by atoms with E-state index in [0.29, 0.717) is 45.2 Å². The standard InChI is InChI=1S/C41H57N7O9S2/c1-24(2)42-37-43-32(23-58-37)25-13-14-26-20-47(21-27(26)17-25)39(53)56-29-18-33-34(49)45-41(36(51)46-59(54,55)30-15-16-30)19-28(41)11-9-7-6-8-10-12-31(35(50)48(33)22-29)44-38(52)57-40(3,4)5/h13-14,17,23-24,28-31,33H,6-12,15-16,18-22H2,1-5H3,(H,42,43)(H,44,52)(H,45,49)(H,46,51)/t28-,29-,31+,33+,41-/m1/s1. The highest BCUT2D eigenvalue weighted by Gasteiger charge is 2.62. The molecule has 5 atom stereocenters. The van der Waals surface area contributed by atoms with E-state index in [2.05, 4.69) is 34.5 Å². The van der Waals surface area contributed by atoms with Gasteiger partial charge in [0.25, 0.3) is 5.91 Å². The van der Waals surface area contributed by atoms with Crippen LogP contribution < -0.4 is 20.7 Å². The first-order chi connectivity index (χ1) is 27.9. The van der Waals surface area contributed by atoms with Crippen molar-refractivity contribution >= 4 is 56.4 Å². The summed E-state index contributed by atoms with van der Waals surface area (Å²) in [6.07, 6.45) is 3.69. The maximum Gasteiger partial charge on any atom is 0.410 e. The molecule has 1 aromatic carbocycles. The molecule has 0 unspecified atom stereocenters. The average molecular weight is 856 g/mol. The molecule has 16 nitrogen and oxygen atoms in total. The first-order valence-corrected chi connectivity index (χ1v) is 23.3. The lowest BCUT2D eigenvalue weighted by Crippen LogP contribution is -2.58. The molecule has 5 aliphatic rings. The highest BCUT2D eigenvalue weighted by atomic mass is 32.2. The molecular formula is C41H57N7O9S2. The van der Waals surface area contributed by atoms with Gasteiger partial charge in [0.2, 0.25) is 21.8 Å². The molecule has 18 heteroatoms. The Bertz CT molecular complexity index is 2060. The summed E-state index contributed by atoms with van der Waals surface area (Å²) in [4.78, 5) is 77.0. The molecule has 322 valence electrons. The number of benzene rings is 1. The Hall–Kier alpha value is -4.45. The maximum absolute atomic E-state index is 14.5. The van der Waals surface area contributed by atoms with Crippen LogP contribution in [0.15, 0.2) is 23.6 Å². The van der Waals surface area contributed by atoms with E-state index in [-0.39, 0.29) is 31.3 Å². The molecule has 4 fully saturated rings. The number of amides is 5. The molecule has 2 aromatic rings. The molecule has 5 amide bonds. The van der Waals surface area contributed by atoms with Crippen molar-refractivity contribution < 1.29 is 41.9 Å². The van der Waals surface area contributed by atoms with Crippen molar-refractivity contribution in [3.05, 3.63) is 34.7 Å². The SMILES string of the molecule is CC(C)Nc1nc(-c2ccc3c(c2)CN(C(=O)O[C@@H]2C[C@H]4C(=O)N[C@]5(C(=O)NS(=O)(=O)C6CC6)C[C@H]5CCCCCCC[C@H](NC(=O)OC(C)(C)C)C(=O)N4C2)C3)cs1. The molecule has 0 spiro atoms. The number of anilines is 1. The number of carbonyl (C=O) groups is 5. The highest BCUT2D eigenvalue weighted by molar-refractivity contribution is 7.91. The first kappa shape index (κ1) is 42.7. The van der Waals surface area contributed by atoms with E-state index >= 15 is 0 Å². The number of aromatic nitrogens is 1. The summed E-state index contributed by atoms with van der Waals surface area (Å²) >= 11 is 1.53. The van der Waals surface area contributed by atoms with E-state index in [1.165, 1.54) is 16.2 Å². The van der Waals surface area contributed by atoms with Gasteiger partial charge in [-0.05, 0) is 89.8 Å². The number of sulfonamides is 1. The zero-order valence-corrected chi connectivity index (χ0v) is 36.1. The van der Waals surface area contributed by atoms with Crippen LogP contribution in [0.4, 0.5) is 14.7 Å². The lowest BCUT2D eigenvalue weighted by molar-refractivity contribution is -0.141. The van der Waals surface area contributed by atoms with Crippen LogP contribution in [-0.4, -0.2) is 100 Å². The lowest BCUT2D eigenvalue weighted by atomic mass is 10.0. The van der Waals surface area contributed by atoms with Gasteiger partial charge in [-0.1, -0.05) is 44.2 Å². The van der Waals surface area contributed by atoms with Crippen LogP contribution >= 0.6 is 11.3 Å². The molecule has 4 heterocycles. The molecule has 0 radical (unpaired) electrons. The average Bonchev–Trinajstić information content (AvgIpc) is 3.96. The number of alkyl carbamates (subject to hydrolysis) is 1. The monoisotopic (exact) mass is 855 g/mol. The first-order valence-electron chi connectivity index (χ1n) is 20.9. The van der Waals surface area contributed by atoms with Crippen LogP contribution in [0.3, 0.4) is 0 Å². The van der Waals surface area contributed by atoms with Gasteiger partial charge in [-0.3, -0.25) is 24.0 Å². The molecule has 2 aliphatic carbocycles. The zero-order valence-electron chi connectivity index (χ0n) is 34.5. The van der Waals surface area contributed by atoms with Crippen molar-refractivity contribution in [2.45, 2.75) is 159 Å². The molecule has 7 rings (SSSR count). The number of thiazole rings is 1. The summed E-state index contributed by atoms with van der Waals surface area (Å²) in [5.41, 5.74) is 1.42. The Morgan fingerprint density at radius 1 is 1.00 bits per heavy atom. The summed E-state index contributed by atoms with van der Waals surface area (Å²) in [6, 6.07) is 4.02. The normalized spacial score (nSPS) is 26.4. The van der Waals surface area contributed by atoms with Gasteiger partial charge in [0.15, 0.2) is 5.13 Å². The van der Waals surface area contributed by atoms with Crippen molar-refractivity contribution in [1.29, 1.82) is 0 Å². The highest BCUT2D eigenvalue weighted by Crippen LogP contribution is 2.48. The van der Waals surface area contributed by atoms with Crippen molar-refractivity contribution in [3.63, 3.8) is 0 Å². The molecule has 0 bridgehead atoms. The summed E-state index contributed by atoms with van der Waals surface area (Å²) in [5.74, 6) is -2.24. The molecule has 2 saturated heterocycles. The number of nitrogens with one attached hydrogen (secondary N) is 4. The number of nitrogens with zero attached hydrogens (tertiary/aromatic N) is 3. The van der Waals surface area contributed by atoms with Crippen molar-refractivity contribution in [2.24, 2.45) is 5.92 Å². The van der Waals surface area contributed by atoms with Gasteiger partial charge in [0.1, 0.15) is 29.3 Å². The molecule has 4 N–H and O–H groups in total. The summed E-state index contributed by atoms with van der Waals surface area (Å²) in [6.45, 7) is 9.75. The van der Waals surface area contributed by atoms with E-state index in [1.807, 2.05) is 23.6 Å². The van der Waals surface area contributed by atoms with Crippen LogP contribution in [0.5, 0.6) is 0 Å². The minimum absolute atomic E-state index is 0.0628. The molecular weight excluding hydrogens is 799 g/mol. The van der Waals surface area contributed by atoms with Crippen molar-refractivity contribution in [3.8, 4) is 11.3 Å². The zero-order chi connectivity index (χ0) is 42.3. The quantitative estimate of drug-likeness (QED) is 0.273. The Balaban J connectivity index is 1.09. The van der Waals surface area contributed by atoms with E-state index in [0.717, 1.165) is 53.2 Å². The smallest absolute Gasteiger partial charge is 0.410 e. The maximum atomic E-state index is 14.5. The number of carbonyl (C=O) groups excluding carboxylic acids is 5. The second kappa shape index (κ2) is 16.9. The third kappa shape index (κ3) is 10.1. The van der Waals surface area contributed by atoms with Gasteiger partial charge in [-0.2, -0.15) is 0 Å². The topological polar surface area (TPSA) is 205 Å². The summed E-state index contributed by atoms with van der Waals surface area (Å²) in [5, 5.41) is 11.1. The Morgan fingerprint density at radius 2 is 1.71 bits per heavy atom. The lowest BCUT2D eigenvalue weighted by Gasteiger charge is -2.30. The van der Waals surface area contributed by atoms with Gasteiger partial charge in [-0.15, -0.1) is 11.3 Å². The fourth-order valence-corrected chi connectivity index (χ4v) is 10.6. The van der Waals surface area contributed by atoms with E-state index in [1.54, 1.807) is 25.7 Å². The number of hydrogen-bond donors (Lipinski definition) is 4. The minimum Gasteiger partial charge on any atom is -0.444 e. The van der Waals surface area contributed by atoms with Gasteiger partial charge in [0.05, 0.1) is 17.5 Å². The second-order valence-corrected chi connectivity index (χ2v) is 20.8. The number of fused-ring (bicyclic) bond motifs is 3. The van der Waals surface area contributed by atoms with Crippen molar-refractivity contribution in [2.75, 3.05) is 11.9 Å². The Labute approximate surface area is 350 Å². The summed E-state index contributed by atoms with van der Waals surface area (Å²) in [7, 11) is -3.89. The third-order valence-electron chi connectivity index (χ3n) is 11.6. The van der Waals surface area contributed by atoms with E-state index in [4.69, 9.17) is 14.5 Å². The molecule has 2 saturated carbocycles. The van der Waals surface area contributed by atoms with Crippen LogP contribution in [0, 0.1) is 5.92 Å². The van der Waals surface area contributed by atoms with Gasteiger partial charge < -0.3 is 30.3 Å². The van der Waals surface area contributed by atoms with Crippen LogP contribution in [0.1, 0.15) is 116 Å². The molecule has 59 heavy (non-hydrogen) atoms. The Kier molecular flexibility index (Phi) is 12.2. The largest absolute Gasteiger partial charge is 0.444 e. The van der Waals surface area contributed by atoms with E-state index < -0.39 is 74.5 Å². The fourth-order valence-electron chi connectivity index (χ4n) is 8.32. The van der Waals surface area contributed by atoms with Crippen molar-refractivity contribution in [1.82, 2.24) is 30.1 Å². The van der Waals surface area contributed by atoms with Gasteiger partial charge in [0, 0.05) is 36.5 Å².